The molecule has 2 aliphatic heterocycles. The minimum Gasteiger partial charge on any atom is -0.372 e. The predicted molar refractivity (Wildman–Crippen MR) is 103 cm³/mol. The van der Waals surface area contributed by atoms with Crippen LogP contribution in [0.15, 0.2) is 0 Å². The van der Waals surface area contributed by atoms with Crippen LogP contribution in [0.5, 0.6) is 0 Å². The number of rotatable bonds is 3. The second-order valence-electron chi connectivity index (χ2n) is 10.3. The molecule has 0 spiro atoms. The predicted octanol–water partition coefficient (Wildman–Crippen LogP) is 5.52. The van der Waals surface area contributed by atoms with Crippen LogP contribution in [0.1, 0.15) is 76.2 Å². The van der Waals surface area contributed by atoms with E-state index in [-0.39, 0.29) is 41.5 Å². The fourth-order valence-corrected chi connectivity index (χ4v) is 4.86. The van der Waals surface area contributed by atoms with E-state index in [1.54, 1.807) is 0 Å². The van der Waals surface area contributed by atoms with Crippen LogP contribution in [-0.4, -0.2) is 30.7 Å². The normalized spacial score (nSPS) is 47.0. The molecule has 0 amide bonds. The monoisotopic (exact) mass is 354 g/mol. The smallest absolute Gasteiger partial charge is 0.161 e. The quantitative estimate of drug-likeness (QED) is 0.668. The second-order valence-corrected chi connectivity index (χ2v) is 10.3. The number of ether oxygens (including phenoxy) is 3. The first-order valence-corrected chi connectivity index (χ1v) is 10.3. The van der Waals surface area contributed by atoms with E-state index in [1.807, 2.05) is 0 Å². The van der Waals surface area contributed by atoms with Crippen molar-refractivity contribution in [3.05, 3.63) is 0 Å². The summed E-state index contributed by atoms with van der Waals surface area (Å²) in [5.41, 5.74) is 0.240. The van der Waals surface area contributed by atoms with Crippen LogP contribution in [0.2, 0.25) is 0 Å². The molecule has 0 aromatic carbocycles. The van der Waals surface area contributed by atoms with Crippen molar-refractivity contribution < 1.29 is 14.2 Å². The zero-order chi connectivity index (χ0) is 19.3. The van der Waals surface area contributed by atoms with Crippen LogP contribution < -0.4 is 0 Å². The Morgan fingerprint density at radius 3 is 1.80 bits per heavy atom. The summed E-state index contributed by atoms with van der Waals surface area (Å²) in [6, 6.07) is 0. The molecule has 0 aromatic rings. The summed E-state index contributed by atoms with van der Waals surface area (Å²) in [5.74, 6) is 1.82. The molecular formula is C22H42O3. The highest BCUT2D eigenvalue weighted by Gasteiger charge is 2.52. The molecule has 2 fully saturated rings. The van der Waals surface area contributed by atoms with Crippen LogP contribution >= 0.6 is 0 Å². The van der Waals surface area contributed by atoms with Crippen molar-refractivity contribution in [2.75, 3.05) is 0 Å². The van der Waals surface area contributed by atoms with Gasteiger partial charge in [0.1, 0.15) is 0 Å². The Morgan fingerprint density at radius 1 is 0.720 bits per heavy atom. The maximum absolute atomic E-state index is 6.68. The fourth-order valence-electron chi connectivity index (χ4n) is 4.86. The van der Waals surface area contributed by atoms with Gasteiger partial charge in [-0.05, 0) is 42.4 Å². The van der Waals surface area contributed by atoms with Gasteiger partial charge >= 0.3 is 0 Å². The third-order valence-electron chi connectivity index (χ3n) is 7.94. The van der Waals surface area contributed by atoms with Crippen LogP contribution in [0.4, 0.5) is 0 Å². The summed E-state index contributed by atoms with van der Waals surface area (Å²) in [7, 11) is 0. The summed E-state index contributed by atoms with van der Waals surface area (Å²) >= 11 is 0. The maximum atomic E-state index is 6.68. The molecular weight excluding hydrogens is 312 g/mol. The molecule has 25 heavy (non-hydrogen) atoms. The number of hydrogen-bond donors (Lipinski definition) is 0. The SMILES string of the molecule is CC(C)[C@@H]1OC(C)[C@@H](O[C@H]2OC(C)[C@H](C)C(C)(C)C2C)C(C)(C)C1C. The Labute approximate surface area is 156 Å². The van der Waals surface area contributed by atoms with Gasteiger partial charge < -0.3 is 14.2 Å². The molecule has 2 rings (SSSR count). The molecule has 0 aliphatic carbocycles. The molecule has 8 atom stereocenters. The third-order valence-corrected chi connectivity index (χ3v) is 7.94. The van der Waals surface area contributed by atoms with Gasteiger partial charge in [-0.2, -0.15) is 0 Å². The highest BCUT2D eigenvalue weighted by atomic mass is 16.7. The van der Waals surface area contributed by atoms with Gasteiger partial charge in [-0.1, -0.05) is 62.3 Å². The zero-order valence-corrected chi connectivity index (χ0v) is 18.4. The van der Waals surface area contributed by atoms with E-state index >= 15 is 0 Å². The van der Waals surface area contributed by atoms with Crippen molar-refractivity contribution in [1.82, 2.24) is 0 Å². The molecule has 0 bridgehead atoms. The van der Waals surface area contributed by atoms with Gasteiger partial charge in [0.15, 0.2) is 6.29 Å². The molecule has 0 saturated carbocycles. The Kier molecular flexibility index (Phi) is 6.04. The van der Waals surface area contributed by atoms with Gasteiger partial charge in [0.2, 0.25) is 0 Å². The van der Waals surface area contributed by atoms with E-state index in [0.29, 0.717) is 23.7 Å². The molecule has 2 aliphatic rings. The Hall–Kier alpha value is -0.120. The average Bonchev–Trinajstić information content (AvgIpc) is 2.50. The summed E-state index contributed by atoms with van der Waals surface area (Å²) in [4.78, 5) is 0. The first-order valence-electron chi connectivity index (χ1n) is 10.3. The summed E-state index contributed by atoms with van der Waals surface area (Å²) in [6.45, 7) is 25.1. The highest BCUT2D eigenvalue weighted by molar-refractivity contribution is 4.98. The van der Waals surface area contributed by atoms with E-state index < -0.39 is 0 Å². The number of hydrogen-bond acceptors (Lipinski definition) is 3. The minimum atomic E-state index is -0.167. The van der Waals surface area contributed by atoms with Gasteiger partial charge in [-0.3, -0.25) is 0 Å². The van der Waals surface area contributed by atoms with Gasteiger partial charge in [-0.25, -0.2) is 0 Å². The second kappa shape index (κ2) is 7.13. The van der Waals surface area contributed by atoms with E-state index in [9.17, 15) is 0 Å². The fraction of sp³-hybridized carbons (Fsp3) is 1.00. The first-order chi connectivity index (χ1) is 11.3. The molecule has 2 heterocycles. The van der Waals surface area contributed by atoms with E-state index in [2.05, 4.69) is 76.2 Å². The highest BCUT2D eigenvalue weighted by Crippen LogP contribution is 2.49. The van der Waals surface area contributed by atoms with Crippen LogP contribution in [-0.2, 0) is 14.2 Å². The van der Waals surface area contributed by atoms with E-state index in [0.717, 1.165) is 0 Å². The van der Waals surface area contributed by atoms with E-state index in [1.165, 1.54) is 0 Å². The van der Waals surface area contributed by atoms with Gasteiger partial charge in [0, 0.05) is 5.92 Å². The molecule has 3 nitrogen and oxygen atoms in total. The Balaban J connectivity index is 2.21. The van der Waals surface area contributed by atoms with Crippen molar-refractivity contribution in [3.8, 4) is 0 Å². The lowest BCUT2D eigenvalue weighted by molar-refractivity contribution is -0.322. The molecule has 0 aromatic heterocycles. The standard InChI is InChI=1S/C22H42O3/c1-12(2)18-14(4)22(10,11)19(17(7)23-18)25-20-15(5)21(8,9)13(3)16(6)24-20/h12-20H,1-11H3/t13-,14?,15?,16?,17?,18-,19+,20+/m0/s1. The molecule has 0 N–H and O–H groups in total. The maximum Gasteiger partial charge on any atom is 0.161 e. The third kappa shape index (κ3) is 3.66. The van der Waals surface area contributed by atoms with Gasteiger partial charge in [0.05, 0.1) is 24.4 Å². The molecule has 3 heteroatoms. The van der Waals surface area contributed by atoms with Crippen LogP contribution in [0.25, 0.3) is 0 Å². The summed E-state index contributed by atoms with van der Waals surface area (Å²) < 4.78 is 19.4. The molecule has 148 valence electrons. The Morgan fingerprint density at radius 2 is 1.28 bits per heavy atom. The molecule has 2 saturated heterocycles. The Bertz CT molecular complexity index is 456. The molecule has 0 radical (unpaired) electrons. The lowest BCUT2D eigenvalue weighted by Gasteiger charge is -2.55. The van der Waals surface area contributed by atoms with E-state index in [4.69, 9.17) is 14.2 Å². The van der Waals surface area contributed by atoms with Crippen molar-refractivity contribution in [3.63, 3.8) is 0 Å². The van der Waals surface area contributed by atoms with Gasteiger partial charge in [-0.15, -0.1) is 0 Å². The van der Waals surface area contributed by atoms with Crippen molar-refractivity contribution in [1.29, 1.82) is 0 Å². The van der Waals surface area contributed by atoms with Crippen LogP contribution in [0.3, 0.4) is 0 Å². The summed E-state index contributed by atoms with van der Waals surface area (Å²) in [6.07, 6.45) is 0.442. The van der Waals surface area contributed by atoms with Crippen molar-refractivity contribution >= 4 is 0 Å². The van der Waals surface area contributed by atoms with Crippen molar-refractivity contribution in [2.45, 2.75) is 107 Å². The lowest BCUT2D eigenvalue weighted by Crippen LogP contribution is -2.59. The minimum absolute atomic E-state index is 0.0429. The average molecular weight is 355 g/mol. The van der Waals surface area contributed by atoms with Crippen LogP contribution in [0, 0.1) is 34.5 Å². The molecule has 4 unspecified atom stereocenters. The zero-order valence-electron chi connectivity index (χ0n) is 18.4. The summed E-state index contributed by atoms with van der Waals surface area (Å²) in [5, 5.41) is 0. The topological polar surface area (TPSA) is 27.7 Å². The van der Waals surface area contributed by atoms with Gasteiger partial charge in [0.25, 0.3) is 0 Å². The largest absolute Gasteiger partial charge is 0.372 e. The van der Waals surface area contributed by atoms with Crippen molar-refractivity contribution in [2.24, 2.45) is 34.5 Å². The first kappa shape index (κ1) is 21.2. The lowest BCUT2D eigenvalue weighted by atomic mass is 9.66.